The van der Waals surface area contributed by atoms with Gasteiger partial charge in [0.15, 0.2) is 0 Å². The van der Waals surface area contributed by atoms with Crippen LogP contribution in [-0.4, -0.2) is 32.3 Å². The molecule has 2 fully saturated rings. The van der Waals surface area contributed by atoms with Crippen molar-refractivity contribution in [1.82, 2.24) is 5.32 Å². The van der Waals surface area contributed by atoms with Crippen LogP contribution in [0.4, 0.5) is 14.5 Å². The van der Waals surface area contributed by atoms with Crippen molar-refractivity contribution in [3.05, 3.63) is 29.3 Å². The van der Waals surface area contributed by atoms with Crippen molar-refractivity contribution in [3.8, 4) is 0 Å². The molecule has 1 aliphatic heterocycles. The van der Waals surface area contributed by atoms with Crippen LogP contribution in [0.15, 0.2) is 12.1 Å². The van der Waals surface area contributed by atoms with E-state index in [0.29, 0.717) is 31.2 Å². The Hall–Kier alpha value is -1.20. The molecule has 1 aromatic carbocycles. The third-order valence-corrected chi connectivity index (χ3v) is 4.34. The lowest BCUT2D eigenvalue weighted by Crippen LogP contribution is -2.37. The molecule has 1 aromatic rings. The Balaban J connectivity index is 1.69. The molecule has 1 aliphatic carbocycles. The number of nitrogens with one attached hydrogen (secondary N) is 1. The lowest BCUT2D eigenvalue weighted by atomic mass is 10.1. The van der Waals surface area contributed by atoms with Gasteiger partial charge in [-0.1, -0.05) is 0 Å². The van der Waals surface area contributed by atoms with Crippen LogP contribution in [0.1, 0.15) is 31.2 Å². The normalized spacial score (nSPS) is 20.0. The van der Waals surface area contributed by atoms with E-state index in [4.69, 9.17) is 4.74 Å². The standard InChI is InChI=1S/C16H22F2N2O/c1-21-13-4-6-20(7-5-13)16-14(17)8-11(9-15(16)18)10-19-12-2-3-12/h8-9,12-13,19H,2-7,10H2,1H3. The predicted octanol–water partition coefficient (Wildman–Crippen LogP) is 2.83. The summed E-state index contributed by atoms with van der Waals surface area (Å²) in [6, 6.07) is 3.44. The summed E-state index contributed by atoms with van der Waals surface area (Å²) < 4.78 is 33.8. The maximum atomic E-state index is 14.3. The highest BCUT2D eigenvalue weighted by atomic mass is 19.1. The van der Waals surface area contributed by atoms with Crippen molar-refractivity contribution < 1.29 is 13.5 Å². The molecule has 0 spiro atoms. The number of ether oxygens (including phenoxy) is 1. The van der Waals surface area contributed by atoms with Crippen molar-refractivity contribution >= 4 is 5.69 Å². The summed E-state index contributed by atoms with van der Waals surface area (Å²) in [5.74, 6) is -0.920. The molecule has 0 amide bonds. The van der Waals surface area contributed by atoms with E-state index in [1.165, 1.54) is 12.1 Å². The molecule has 1 saturated heterocycles. The molecule has 2 aliphatic rings. The van der Waals surface area contributed by atoms with Crippen molar-refractivity contribution in [2.45, 2.75) is 44.4 Å². The zero-order valence-electron chi connectivity index (χ0n) is 12.4. The van der Waals surface area contributed by atoms with Gasteiger partial charge in [-0.15, -0.1) is 0 Å². The minimum atomic E-state index is -0.460. The third kappa shape index (κ3) is 3.52. The summed E-state index contributed by atoms with van der Waals surface area (Å²) in [4.78, 5) is 1.79. The first-order chi connectivity index (χ1) is 10.2. The van der Waals surface area contributed by atoms with Crippen molar-refractivity contribution in [2.75, 3.05) is 25.1 Å². The summed E-state index contributed by atoms with van der Waals surface area (Å²) in [5, 5.41) is 3.28. The van der Waals surface area contributed by atoms with Crippen molar-refractivity contribution in [2.24, 2.45) is 0 Å². The second kappa shape index (κ2) is 6.28. The smallest absolute Gasteiger partial charge is 0.149 e. The van der Waals surface area contributed by atoms with Gasteiger partial charge in [-0.25, -0.2) is 8.78 Å². The summed E-state index contributed by atoms with van der Waals surface area (Å²) in [7, 11) is 1.68. The van der Waals surface area contributed by atoms with Crippen LogP contribution in [-0.2, 0) is 11.3 Å². The van der Waals surface area contributed by atoms with Gasteiger partial charge in [-0.3, -0.25) is 0 Å². The van der Waals surface area contributed by atoms with E-state index in [9.17, 15) is 8.78 Å². The topological polar surface area (TPSA) is 24.5 Å². The molecule has 0 aromatic heterocycles. The van der Waals surface area contributed by atoms with E-state index in [1.54, 1.807) is 12.0 Å². The highest BCUT2D eigenvalue weighted by Crippen LogP contribution is 2.28. The van der Waals surface area contributed by atoms with E-state index in [0.717, 1.165) is 25.7 Å². The van der Waals surface area contributed by atoms with Crippen LogP contribution in [0.2, 0.25) is 0 Å². The van der Waals surface area contributed by atoms with Gasteiger partial charge in [-0.2, -0.15) is 0 Å². The Kier molecular flexibility index (Phi) is 4.40. The number of nitrogens with zero attached hydrogens (tertiary/aromatic N) is 1. The maximum absolute atomic E-state index is 14.3. The zero-order valence-corrected chi connectivity index (χ0v) is 12.4. The molecule has 0 bridgehead atoms. The Labute approximate surface area is 124 Å². The molecule has 1 N–H and O–H groups in total. The van der Waals surface area contributed by atoms with Crippen molar-refractivity contribution in [1.29, 1.82) is 0 Å². The summed E-state index contributed by atoms with van der Waals surface area (Å²) >= 11 is 0. The van der Waals surface area contributed by atoms with E-state index in [1.807, 2.05) is 0 Å². The number of rotatable bonds is 5. The lowest BCUT2D eigenvalue weighted by Gasteiger charge is -2.33. The van der Waals surface area contributed by atoms with E-state index < -0.39 is 11.6 Å². The molecule has 116 valence electrons. The van der Waals surface area contributed by atoms with Gasteiger partial charge in [-0.05, 0) is 43.4 Å². The molecule has 21 heavy (non-hydrogen) atoms. The van der Waals surface area contributed by atoms with E-state index >= 15 is 0 Å². The molecule has 5 heteroatoms. The average molecular weight is 296 g/mol. The Morgan fingerprint density at radius 2 is 1.76 bits per heavy atom. The molecule has 0 radical (unpaired) electrons. The van der Waals surface area contributed by atoms with Crippen LogP contribution in [0, 0.1) is 11.6 Å². The second-order valence-corrected chi connectivity index (χ2v) is 5.99. The molecule has 0 atom stereocenters. The summed E-state index contributed by atoms with van der Waals surface area (Å²) in [5.41, 5.74) is 0.784. The van der Waals surface area contributed by atoms with Gasteiger partial charge in [0, 0.05) is 32.8 Å². The number of hydrogen-bond donors (Lipinski definition) is 1. The SMILES string of the molecule is COC1CCN(c2c(F)cc(CNC3CC3)cc2F)CC1. The third-order valence-electron chi connectivity index (χ3n) is 4.34. The largest absolute Gasteiger partial charge is 0.381 e. The zero-order chi connectivity index (χ0) is 14.8. The predicted molar refractivity (Wildman–Crippen MR) is 78.5 cm³/mol. The quantitative estimate of drug-likeness (QED) is 0.904. The van der Waals surface area contributed by atoms with Gasteiger partial charge in [0.25, 0.3) is 0 Å². The van der Waals surface area contributed by atoms with E-state index in [-0.39, 0.29) is 11.8 Å². The van der Waals surface area contributed by atoms with Gasteiger partial charge in [0.2, 0.25) is 0 Å². The second-order valence-electron chi connectivity index (χ2n) is 5.99. The highest BCUT2D eigenvalue weighted by molar-refractivity contribution is 5.51. The summed E-state index contributed by atoms with van der Waals surface area (Å²) in [6.07, 6.45) is 4.14. The Morgan fingerprint density at radius 3 is 2.29 bits per heavy atom. The van der Waals surface area contributed by atoms with Gasteiger partial charge >= 0.3 is 0 Å². The Morgan fingerprint density at radius 1 is 1.14 bits per heavy atom. The van der Waals surface area contributed by atoms with E-state index in [2.05, 4.69) is 5.32 Å². The van der Waals surface area contributed by atoms with Gasteiger partial charge in [0.05, 0.1) is 6.10 Å². The molecule has 3 nitrogen and oxygen atoms in total. The fourth-order valence-corrected chi connectivity index (χ4v) is 2.89. The molecule has 3 rings (SSSR count). The fourth-order valence-electron chi connectivity index (χ4n) is 2.89. The van der Waals surface area contributed by atoms with Crippen LogP contribution in [0.25, 0.3) is 0 Å². The number of halogens is 2. The minimum absolute atomic E-state index is 0.111. The minimum Gasteiger partial charge on any atom is -0.381 e. The van der Waals surface area contributed by atoms with Gasteiger partial charge < -0.3 is 15.0 Å². The molecule has 1 heterocycles. The van der Waals surface area contributed by atoms with Crippen LogP contribution < -0.4 is 10.2 Å². The number of anilines is 1. The van der Waals surface area contributed by atoms with Crippen LogP contribution in [0.3, 0.4) is 0 Å². The first-order valence-electron chi connectivity index (χ1n) is 7.66. The summed E-state index contributed by atoms with van der Waals surface area (Å²) in [6.45, 7) is 1.79. The lowest BCUT2D eigenvalue weighted by molar-refractivity contribution is 0.0817. The molecular formula is C16H22F2N2O. The highest BCUT2D eigenvalue weighted by Gasteiger charge is 2.25. The fraction of sp³-hybridized carbons (Fsp3) is 0.625. The monoisotopic (exact) mass is 296 g/mol. The number of piperidine rings is 1. The molecular weight excluding hydrogens is 274 g/mol. The number of benzene rings is 1. The first kappa shape index (κ1) is 14.7. The maximum Gasteiger partial charge on any atom is 0.149 e. The van der Waals surface area contributed by atoms with Crippen LogP contribution >= 0.6 is 0 Å². The van der Waals surface area contributed by atoms with Gasteiger partial charge in [0.1, 0.15) is 17.3 Å². The average Bonchev–Trinajstić information content (AvgIpc) is 3.29. The molecule has 1 saturated carbocycles. The molecule has 0 unspecified atom stereocenters. The first-order valence-corrected chi connectivity index (χ1v) is 7.66. The van der Waals surface area contributed by atoms with Crippen molar-refractivity contribution in [3.63, 3.8) is 0 Å². The van der Waals surface area contributed by atoms with Crippen LogP contribution in [0.5, 0.6) is 0 Å². The number of hydrogen-bond acceptors (Lipinski definition) is 3. The Bertz CT molecular complexity index is 474. The number of methoxy groups -OCH3 is 1.